The van der Waals surface area contributed by atoms with Gasteiger partial charge in [0.2, 0.25) is 5.91 Å². The number of carbonyl (C=O) groups is 1. The fraction of sp³-hybridized carbons (Fsp3) is 0.588. The maximum absolute atomic E-state index is 12.5. The molecule has 3 heterocycles. The molecule has 1 fully saturated rings. The number of carbonyl (C=O) groups excluding carboxylic acids is 1. The molecule has 2 aromatic rings. The number of aromatic nitrogens is 4. The Kier molecular flexibility index (Phi) is 3.89. The number of fused-ring (bicyclic) bond motifs is 1. The fourth-order valence-electron chi connectivity index (χ4n) is 3.84. The molecule has 0 saturated heterocycles. The molecule has 2 aromatic heterocycles. The Bertz CT molecular complexity index is 683. The summed E-state index contributed by atoms with van der Waals surface area (Å²) in [5, 5.41) is 10.4. The molecule has 0 aromatic carbocycles. The summed E-state index contributed by atoms with van der Waals surface area (Å²) in [4.78, 5) is 16.6. The van der Waals surface area contributed by atoms with Gasteiger partial charge >= 0.3 is 0 Å². The van der Waals surface area contributed by atoms with E-state index in [1.165, 1.54) is 37.8 Å². The molecule has 6 heteroatoms. The van der Waals surface area contributed by atoms with E-state index >= 15 is 0 Å². The zero-order chi connectivity index (χ0) is 15.6. The number of H-pyrrole nitrogens is 1. The number of rotatable bonds is 3. The molecule has 2 N–H and O–H groups in total. The molecule has 1 atom stereocenters. The summed E-state index contributed by atoms with van der Waals surface area (Å²) in [6.07, 6.45) is 11.7. The highest BCUT2D eigenvalue weighted by molar-refractivity contribution is 5.91. The first-order chi connectivity index (χ1) is 11.3. The minimum absolute atomic E-state index is 0.00836. The van der Waals surface area contributed by atoms with Gasteiger partial charge in [0, 0.05) is 48.5 Å². The quantitative estimate of drug-likeness (QED) is 0.915. The van der Waals surface area contributed by atoms with Crippen molar-refractivity contribution in [3.05, 3.63) is 30.0 Å². The van der Waals surface area contributed by atoms with Crippen LogP contribution < -0.4 is 5.32 Å². The number of aromatic amines is 1. The molecular formula is C17H23N5O. The predicted molar refractivity (Wildman–Crippen MR) is 87.1 cm³/mol. The lowest BCUT2D eigenvalue weighted by Gasteiger charge is -2.22. The van der Waals surface area contributed by atoms with E-state index < -0.39 is 0 Å². The molecule has 1 unspecified atom stereocenters. The molecule has 6 nitrogen and oxygen atoms in total. The monoisotopic (exact) mass is 313 g/mol. The van der Waals surface area contributed by atoms with Gasteiger partial charge in [-0.25, -0.2) is 4.98 Å². The highest BCUT2D eigenvalue weighted by Crippen LogP contribution is 2.32. The maximum Gasteiger partial charge on any atom is 0.229 e. The molecule has 1 aliphatic heterocycles. The molecule has 2 aliphatic rings. The zero-order valence-electron chi connectivity index (χ0n) is 13.3. The van der Waals surface area contributed by atoms with Crippen LogP contribution in [0.25, 0.3) is 0 Å². The largest absolute Gasteiger partial charge is 0.335 e. The number of aryl methyl sites for hydroxylation is 1. The Hall–Kier alpha value is -2.11. The highest BCUT2D eigenvalue weighted by Gasteiger charge is 2.25. The Labute approximate surface area is 135 Å². The third-order valence-electron chi connectivity index (χ3n) is 5.24. The molecule has 23 heavy (non-hydrogen) atoms. The van der Waals surface area contributed by atoms with Gasteiger partial charge < -0.3 is 9.88 Å². The molecule has 122 valence electrons. The van der Waals surface area contributed by atoms with Gasteiger partial charge in [0.05, 0.1) is 6.33 Å². The van der Waals surface area contributed by atoms with Crippen molar-refractivity contribution in [2.45, 2.75) is 57.4 Å². The fourth-order valence-corrected chi connectivity index (χ4v) is 3.84. The minimum Gasteiger partial charge on any atom is -0.335 e. The van der Waals surface area contributed by atoms with Crippen molar-refractivity contribution in [2.24, 2.45) is 5.92 Å². The van der Waals surface area contributed by atoms with Gasteiger partial charge in [0.15, 0.2) is 5.82 Å². The predicted octanol–water partition coefficient (Wildman–Crippen LogP) is 2.86. The average Bonchev–Trinajstić information content (AvgIpc) is 3.24. The summed E-state index contributed by atoms with van der Waals surface area (Å²) in [6.45, 7) is 0.862. The van der Waals surface area contributed by atoms with E-state index in [1.54, 1.807) is 0 Å². The second-order valence-corrected chi connectivity index (χ2v) is 6.80. The summed E-state index contributed by atoms with van der Waals surface area (Å²) in [7, 11) is 0. The van der Waals surface area contributed by atoms with Crippen LogP contribution in [0.15, 0.2) is 18.6 Å². The van der Waals surface area contributed by atoms with Gasteiger partial charge in [0.1, 0.15) is 0 Å². The molecule has 1 amide bonds. The van der Waals surface area contributed by atoms with E-state index in [-0.39, 0.29) is 11.8 Å². The molecule has 0 bridgehead atoms. The number of imidazole rings is 1. The smallest absolute Gasteiger partial charge is 0.229 e. The topological polar surface area (TPSA) is 75.6 Å². The van der Waals surface area contributed by atoms with Gasteiger partial charge in [-0.3, -0.25) is 9.89 Å². The molecule has 1 saturated carbocycles. The van der Waals surface area contributed by atoms with Crippen LogP contribution >= 0.6 is 0 Å². The van der Waals surface area contributed by atoms with Crippen molar-refractivity contribution in [1.29, 1.82) is 0 Å². The number of nitrogens with one attached hydrogen (secondary N) is 2. The van der Waals surface area contributed by atoms with E-state index in [0.29, 0.717) is 11.7 Å². The van der Waals surface area contributed by atoms with Gasteiger partial charge in [-0.05, 0) is 19.3 Å². The molecule has 0 radical (unpaired) electrons. The number of hydrogen-bond donors (Lipinski definition) is 2. The lowest BCUT2D eigenvalue weighted by Crippen LogP contribution is -2.30. The third-order valence-corrected chi connectivity index (χ3v) is 5.24. The second kappa shape index (κ2) is 6.18. The summed E-state index contributed by atoms with van der Waals surface area (Å²) >= 11 is 0. The van der Waals surface area contributed by atoms with Gasteiger partial charge in [-0.15, -0.1) is 0 Å². The lowest BCUT2D eigenvalue weighted by molar-refractivity contribution is -0.120. The summed E-state index contributed by atoms with van der Waals surface area (Å²) < 4.78 is 2.12. The van der Waals surface area contributed by atoms with Gasteiger partial charge in [0.25, 0.3) is 0 Å². The van der Waals surface area contributed by atoms with E-state index in [4.69, 9.17) is 0 Å². The number of hydrogen-bond acceptors (Lipinski definition) is 3. The van der Waals surface area contributed by atoms with Crippen LogP contribution in [-0.4, -0.2) is 25.7 Å². The van der Waals surface area contributed by atoms with Crippen LogP contribution in [0.5, 0.6) is 0 Å². The van der Waals surface area contributed by atoms with Crippen LogP contribution in [-0.2, 0) is 17.8 Å². The summed E-state index contributed by atoms with van der Waals surface area (Å²) in [6, 6.07) is 2.01. The van der Waals surface area contributed by atoms with Crippen molar-refractivity contribution in [3.8, 4) is 0 Å². The van der Waals surface area contributed by atoms with E-state index in [9.17, 15) is 4.79 Å². The highest BCUT2D eigenvalue weighted by atomic mass is 16.2. The van der Waals surface area contributed by atoms with Crippen molar-refractivity contribution in [2.75, 3.05) is 5.32 Å². The SMILES string of the molecule is O=C(Nc1cc(C2CCCCC2)[nH]n1)C1CCn2cncc2C1. The van der Waals surface area contributed by atoms with Crippen LogP contribution in [0.4, 0.5) is 5.82 Å². The minimum atomic E-state index is 0.00836. The van der Waals surface area contributed by atoms with Crippen LogP contribution in [0, 0.1) is 5.92 Å². The Morgan fingerprint density at radius 2 is 2.13 bits per heavy atom. The Balaban J connectivity index is 1.38. The number of nitrogens with zero attached hydrogens (tertiary/aromatic N) is 3. The van der Waals surface area contributed by atoms with Gasteiger partial charge in [-0.1, -0.05) is 19.3 Å². The van der Waals surface area contributed by atoms with Crippen molar-refractivity contribution in [1.82, 2.24) is 19.7 Å². The molecule has 0 spiro atoms. The van der Waals surface area contributed by atoms with Crippen LogP contribution in [0.2, 0.25) is 0 Å². The number of anilines is 1. The summed E-state index contributed by atoms with van der Waals surface area (Å²) in [5.74, 6) is 1.31. The Morgan fingerprint density at radius 1 is 1.26 bits per heavy atom. The normalized spacial score (nSPS) is 21.8. The van der Waals surface area contributed by atoms with Crippen molar-refractivity contribution < 1.29 is 4.79 Å². The standard InChI is InChI=1S/C17H23N5O/c23-17(13-6-7-22-11-18-10-14(22)8-13)19-16-9-15(20-21-16)12-4-2-1-3-5-12/h9-13H,1-8H2,(H2,19,20,21,23). The first-order valence-electron chi connectivity index (χ1n) is 8.65. The molecule has 1 aliphatic carbocycles. The lowest BCUT2D eigenvalue weighted by atomic mass is 9.87. The van der Waals surface area contributed by atoms with Crippen molar-refractivity contribution in [3.63, 3.8) is 0 Å². The Morgan fingerprint density at radius 3 is 3.00 bits per heavy atom. The molecular weight excluding hydrogens is 290 g/mol. The maximum atomic E-state index is 12.5. The molecule has 4 rings (SSSR count). The summed E-state index contributed by atoms with van der Waals surface area (Å²) in [5.41, 5.74) is 2.31. The van der Waals surface area contributed by atoms with E-state index in [1.807, 2.05) is 18.6 Å². The first kappa shape index (κ1) is 14.5. The number of amides is 1. The first-order valence-corrected chi connectivity index (χ1v) is 8.65. The zero-order valence-corrected chi connectivity index (χ0v) is 13.3. The third kappa shape index (κ3) is 3.02. The van der Waals surface area contributed by atoms with Crippen LogP contribution in [0.1, 0.15) is 55.8 Å². The van der Waals surface area contributed by atoms with E-state index in [0.717, 1.165) is 25.1 Å². The van der Waals surface area contributed by atoms with E-state index in [2.05, 4.69) is 25.1 Å². The van der Waals surface area contributed by atoms with Crippen molar-refractivity contribution >= 4 is 11.7 Å². The second-order valence-electron chi connectivity index (χ2n) is 6.80. The average molecular weight is 313 g/mol. The van der Waals surface area contributed by atoms with Crippen LogP contribution in [0.3, 0.4) is 0 Å². The van der Waals surface area contributed by atoms with Gasteiger partial charge in [-0.2, -0.15) is 5.10 Å².